The summed E-state index contributed by atoms with van der Waals surface area (Å²) in [6.45, 7) is 2.42. The van der Waals surface area contributed by atoms with Gasteiger partial charge in [-0.2, -0.15) is 8.42 Å². The molecule has 0 unspecified atom stereocenters. The number of benzene rings is 3. The minimum Gasteiger partial charge on any atom is -0.477 e. The number of aromatic carboxylic acids is 1. The number of nitrogens with zero attached hydrogens (tertiary/aromatic N) is 2. The Hall–Kier alpha value is -4.44. The number of rotatable bonds is 11. The van der Waals surface area contributed by atoms with E-state index in [9.17, 15) is 23.1 Å². The molecular formula is C28H28N4O5S. The summed E-state index contributed by atoms with van der Waals surface area (Å²) in [4.78, 5) is 28.4. The maximum atomic E-state index is 12.7. The molecule has 3 aromatic carbocycles. The van der Waals surface area contributed by atoms with Crippen LogP contribution in [0.5, 0.6) is 0 Å². The highest BCUT2D eigenvalue weighted by Gasteiger charge is 2.18. The fraction of sp³-hybridized carbons (Fsp3) is 0.179. The number of carboxylic acid groups (broad SMARTS) is 1. The third-order valence-electron chi connectivity index (χ3n) is 5.95. The van der Waals surface area contributed by atoms with E-state index in [1.807, 2.05) is 29.0 Å². The summed E-state index contributed by atoms with van der Waals surface area (Å²) in [6, 6.07) is 22.4. The number of carboxylic acids is 1. The van der Waals surface area contributed by atoms with Crippen LogP contribution in [0.4, 0.5) is 5.69 Å². The van der Waals surface area contributed by atoms with Crippen molar-refractivity contribution in [3.05, 3.63) is 108 Å². The summed E-state index contributed by atoms with van der Waals surface area (Å²) in [5.74, 6) is -1.04. The van der Waals surface area contributed by atoms with E-state index in [0.717, 1.165) is 29.8 Å². The van der Waals surface area contributed by atoms with E-state index in [-0.39, 0.29) is 11.3 Å². The molecular weight excluding hydrogens is 504 g/mol. The predicted octanol–water partition coefficient (Wildman–Crippen LogP) is 4.73. The second kappa shape index (κ2) is 11.7. The van der Waals surface area contributed by atoms with Crippen molar-refractivity contribution in [2.24, 2.45) is 0 Å². The lowest BCUT2D eigenvalue weighted by Crippen LogP contribution is -2.35. The highest BCUT2D eigenvalue weighted by atomic mass is 32.2. The first-order valence-electron chi connectivity index (χ1n) is 12.1. The van der Waals surface area contributed by atoms with Crippen LogP contribution in [0.25, 0.3) is 11.1 Å². The van der Waals surface area contributed by atoms with Crippen LogP contribution in [0.2, 0.25) is 0 Å². The summed E-state index contributed by atoms with van der Waals surface area (Å²) in [5.41, 5.74) is 2.91. The molecule has 0 saturated carbocycles. The molecule has 4 rings (SSSR count). The van der Waals surface area contributed by atoms with Crippen LogP contribution in [-0.4, -0.2) is 35.0 Å². The fourth-order valence-corrected chi connectivity index (χ4v) is 4.91. The average molecular weight is 533 g/mol. The van der Waals surface area contributed by atoms with Gasteiger partial charge in [0.1, 0.15) is 11.5 Å². The van der Waals surface area contributed by atoms with Gasteiger partial charge in [0, 0.05) is 24.1 Å². The van der Waals surface area contributed by atoms with E-state index in [1.54, 1.807) is 47.0 Å². The Bertz CT molecular complexity index is 1530. The number of hydrogen-bond acceptors (Lipinski definition) is 5. The molecule has 0 aliphatic heterocycles. The Balaban J connectivity index is 1.53. The summed E-state index contributed by atoms with van der Waals surface area (Å²) in [5, 5.41) is 9.57. The van der Waals surface area contributed by atoms with E-state index in [1.165, 1.54) is 18.3 Å². The van der Waals surface area contributed by atoms with E-state index >= 15 is 0 Å². The van der Waals surface area contributed by atoms with Crippen molar-refractivity contribution in [3.8, 4) is 11.1 Å². The van der Waals surface area contributed by atoms with Gasteiger partial charge in [-0.3, -0.25) is 9.52 Å². The molecule has 0 fully saturated rings. The summed E-state index contributed by atoms with van der Waals surface area (Å²) < 4.78 is 31.6. The lowest BCUT2D eigenvalue weighted by atomic mass is 10.0. The van der Waals surface area contributed by atoms with Gasteiger partial charge in [-0.15, -0.1) is 0 Å². The molecule has 196 valence electrons. The topological polar surface area (TPSA) is 130 Å². The van der Waals surface area contributed by atoms with Gasteiger partial charge in [0.25, 0.3) is 5.91 Å². The van der Waals surface area contributed by atoms with Crippen LogP contribution in [0.15, 0.2) is 85.1 Å². The van der Waals surface area contributed by atoms with E-state index in [2.05, 4.69) is 16.6 Å². The number of hydrogen-bond donors (Lipinski definition) is 3. The van der Waals surface area contributed by atoms with Crippen LogP contribution in [0, 0.1) is 0 Å². The number of aryl methyl sites for hydroxylation is 1. The van der Waals surface area contributed by atoms with Crippen molar-refractivity contribution in [2.45, 2.75) is 32.7 Å². The summed E-state index contributed by atoms with van der Waals surface area (Å²) in [6.07, 6.45) is 3.97. The summed E-state index contributed by atoms with van der Waals surface area (Å²) in [7, 11) is -4.20. The van der Waals surface area contributed by atoms with Crippen LogP contribution < -0.4 is 9.44 Å². The lowest BCUT2D eigenvalue weighted by Gasteiger charge is -2.14. The second-order valence-electron chi connectivity index (χ2n) is 8.70. The molecule has 10 heteroatoms. The molecule has 3 N–H and O–H groups in total. The molecule has 1 heterocycles. The maximum absolute atomic E-state index is 12.7. The first-order valence-corrected chi connectivity index (χ1v) is 13.6. The number of anilines is 1. The van der Waals surface area contributed by atoms with Crippen LogP contribution >= 0.6 is 0 Å². The number of unbranched alkanes of at least 4 members (excludes halogenated alkanes) is 1. The fourth-order valence-electron chi connectivity index (χ4n) is 4.03. The van der Waals surface area contributed by atoms with Crippen molar-refractivity contribution < 1.29 is 23.1 Å². The third-order valence-corrected chi connectivity index (χ3v) is 6.89. The molecule has 38 heavy (non-hydrogen) atoms. The molecule has 0 aliphatic rings. The molecule has 9 nitrogen and oxygen atoms in total. The van der Waals surface area contributed by atoms with Crippen LogP contribution in [-0.2, 0) is 23.2 Å². The van der Waals surface area contributed by atoms with Crippen molar-refractivity contribution in [2.75, 3.05) is 4.72 Å². The molecule has 0 aliphatic carbocycles. The largest absolute Gasteiger partial charge is 0.477 e. The van der Waals surface area contributed by atoms with Crippen molar-refractivity contribution in [1.82, 2.24) is 14.3 Å². The first-order chi connectivity index (χ1) is 18.3. The van der Waals surface area contributed by atoms with Crippen LogP contribution in [0.3, 0.4) is 0 Å². The molecule has 0 radical (unpaired) electrons. The Morgan fingerprint density at radius 1 is 0.947 bits per heavy atom. The number of amides is 1. The van der Waals surface area contributed by atoms with Gasteiger partial charge in [-0.25, -0.2) is 14.5 Å². The van der Waals surface area contributed by atoms with Gasteiger partial charge in [-0.1, -0.05) is 74.0 Å². The summed E-state index contributed by atoms with van der Waals surface area (Å²) >= 11 is 0. The van der Waals surface area contributed by atoms with Crippen molar-refractivity contribution in [1.29, 1.82) is 0 Å². The normalized spacial score (nSPS) is 11.2. The van der Waals surface area contributed by atoms with Crippen molar-refractivity contribution in [3.63, 3.8) is 0 Å². The number of aromatic nitrogens is 2. The standard InChI is InChI=1S/C28H28N4O5S/c1-2-3-13-26-29-18-25(28(34)35)32(26)19-20-14-16-21(17-15-20)23-11-7-8-12-24(23)30-38(36,37)31-27(33)22-9-5-4-6-10-22/h4-12,14-18,30H,2-3,13,19H2,1H3,(H,31,33)(H,34,35). The zero-order valence-corrected chi connectivity index (χ0v) is 21.6. The number of para-hydroxylation sites is 1. The Labute approximate surface area is 221 Å². The van der Waals surface area contributed by atoms with Gasteiger partial charge in [0.15, 0.2) is 0 Å². The Morgan fingerprint density at radius 2 is 1.63 bits per heavy atom. The van der Waals surface area contributed by atoms with E-state index < -0.39 is 22.1 Å². The van der Waals surface area contributed by atoms with Gasteiger partial charge in [0.05, 0.1) is 11.9 Å². The molecule has 4 aromatic rings. The Morgan fingerprint density at radius 3 is 2.32 bits per heavy atom. The SMILES string of the molecule is CCCCc1ncc(C(=O)O)n1Cc1ccc(-c2ccccc2NS(=O)(=O)NC(=O)c2ccccc2)cc1. The van der Waals surface area contributed by atoms with E-state index in [4.69, 9.17) is 0 Å². The molecule has 1 aromatic heterocycles. The highest BCUT2D eigenvalue weighted by Crippen LogP contribution is 2.29. The predicted molar refractivity (Wildman–Crippen MR) is 145 cm³/mol. The maximum Gasteiger partial charge on any atom is 0.354 e. The van der Waals surface area contributed by atoms with Crippen molar-refractivity contribution >= 4 is 27.8 Å². The van der Waals surface area contributed by atoms with Gasteiger partial charge in [-0.05, 0) is 35.7 Å². The zero-order chi connectivity index (χ0) is 27.1. The molecule has 0 saturated heterocycles. The molecule has 0 spiro atoms. The number of nitrogens with one attached hydrogen (secondary N) is 2. The number of carbonyl (C=O) groups excluding carboxylic acids is 1. The monoisotopic (exact) mass is 532 g/mol. The quantitative estimate of drug-likeness (QED) is 0.256. The number of carbonyl (C=O) groups is 2. The van der Waals surface area contributed by atoms with Gasteiger partial charge in [0.2, 0.25) is 0 Å². The van der Waals surface area contributed by atoms with Crippen LogP contribution in [0.1, 0.15) is 52.0 Å². The molecule has 1 amide bonds. The average Bonchev–Trinajstić information content (AvgIpc) is 3.30. The molecule has 0 bridgehead atoms. The van der Waals surface area contributed by atoms with Gasteiger partial charge < -0.3 is 9.67 Å². The smallest absolute Gasteiger partial charge is 0.354 e. The zero-order valence-electron chi connectivity index (χ0n) is 20.8. The minimum absolute atomic E-state index is 0.137. The highest BCUT2D eigenvalue weighted by molar-refractivity contribution is 7.91. The van der Waals surface area contributed by atoms with E-state index in [0.29, 0.717) is 24.2 Å². The molecule has 0 atom stereocenters. The minimum atomic E-state index is -4.20. The first kappa shape index (κ1) is 26.6. The lowest BCUT2D eigenvalue weighted by molar-refractivity contribution is 0.0685. The second-order valence-corrected chi connectivity index (χ2v) is 10.1. The number of imidazole rings is 1. The third kappa shape index (κ3) is 6.46. The van der Waals surface area contributed by atoms with Gasteiger partial charge >= 0.3 is 16.2 Å². The Kier molecular flexibility index (Phi) is 8.22.